The average Bonchev–Trinajstić information content (AvgIpc) is 2.79. The molecule has 17 heavy (non-hydrogen) atoms. The van der Waals surface area contributed by atoms with Gasteiger partial charge in [0.2, 0.25) is 0 Å². The largest absolute Gasteiger partial charge is 0.382 e. The maximum absolute atomic E-state index is 3.93. The van der Waals surface area contributed by atoms with E-state index < -0.39 is 0 Å². The molecule has 1 fully saturated rings. The van der Waals surface area contributed by atoms with E-state index in [1.165, 1.54) is 19.3 Å². The zero-order chi connectivity index (χ0) is 11.7. The molecule has 0 amide bonds. The van der Waals surface area contributed by atoms with E-state index in [9.17, 15) is 0 Å². The molecule has 0 saturated heterocycles. The van der Waals surface area contributed by atoms with E-state index in [1.807, 2.05) is 0 Å². The summed E-state index contributed by atoms with van der Waals surface area (Å²) in [7, 11) is 0. The monoisotopic (exact) mass is 229 g/mol. The second kappa shape index (κ2) is 4.16. The summed E-state index contributed by atoms with van der Waals surface area (Å²) in [4.78, 5) is 0. The molecule has 1 aliphatic carbocycles. The van der Waals surface area contributed by atoms with Crippen LogP contribution >= 0.6 is 0 Å². The molecule has 1 saturated carbocycles. The van der Waals surface area contributed by atoms with Crippen molar-refractivity contribution in [2.75, 3.05) is 5.32 Å². The van der Waals surface area contributed by atoms with Crippen LogP contribution < -0.4 is 5.32 Å². The van der Waals surface area contributed by atoms with Crippen LogP contribution in [0.2, 0.25) is 0 Å². The smallest absolute Gasteiger partial charge is 0.143 e. The fourth-order valence-electron chi connectivity index (χ4n) is 2.01. The Morgan fingerprint density at radius 2 is 2.24 bits per heavy atom. The molecule has 0 bridgehead atoms. The van der Waals surface area contributed by atoms with Crippen LogP contribution in [0.4, 0.5) is 5.69 Å². The molecular formula is C12H15N5. The van der Waals surface area contributed by atoms with Crippen LogP contribution in [-0.2, 0) is 0 Å². The van der Waals surface area contributed by atoms with E-state index >= 15 is 0 Å². The summed E-state index contributed by atoms with van der Waals surface area (Å²) in [6.07, 6.45) is 5.50. The fraction of sp³-hybridized carbons (Fsp3) is 0.417. The predicted octanol–water partition coefficient (Wildman–Crippen LogP) is 1.94. The molecule has 0 radical (unpaired) electrons. The van der Waals surface area contributed by atoms with Gasteiger partial charge in [-0.1, -0.05) is 6.07 Å². The summed E-state index contributed by atoms with van der Waals surface area (Å²) in [6.45, 7) is 2.06. The van der Waals surface area contributed by atoms with Crippen LogP contribution in [0.15, 0.2) is 24.5 Å². The average molecular weight is 229 g/mol. The number of anilines is 1. The number of nitrogens with one attached hydrogen (secondary N) is 1. The summed E-state index contributed by atoms with van der Waals surface area (Å²) in [5, 5.41) is 14.8. The lowest BCUT2D eigenvalue weighted by Gasteiger charge is -2.27. The highest BCUT2D eigenvalue weighted by Gasteiger charge is 2.17. The topological polar surface area (TPSA) is 55.6 Å². The van der Waals surface area contributed by atoms with Crippen molar-refractivity contribution in [1.29, 1.82) is 0 Å². The van der Waals surface area contributed by atoms with Crippen molar-refractivity contribution < 1.29 is 0 Å². The maximum Gasteiger partial charge on any atom is 0.143 e. The van der Waals surface area contributed by atoms with Crippen LogP contribution in [0, 0.1) is 6.92 Å². The van der Waals surface area contributed by atoms with Crippen LogP contribution in [-0.4, -0.2) is 26.2 Å². The Morgan fingerprint density at radius 3 is 2.88 bits per heavy atom. The van der Waals surface area contributed by atoms with Gasteiger partial charge in [-0.05, 0) is 54.3 Å². The number of hydrogen-bond donors (Lipinski definition) is 1. The fourth-order valence-corrected chi connectivity index (χ4v) is 2.01. The van der Waals surface area contributed by atoms with Crippen molar-refractivity contribution in [2.24, 2.45) is 0 Å². The second-order valence-corrected chi connectivity index (χ2v) is 4.53. The van der Waals surface area contributed by atoms with Gasteiger partial charge < -0.3 is 5.32 Å². The van der Waals surface area contributed by atoms with Gasteiger partial charge in [0, 0.05) is 11.7 Å². The van der Waals surface area contributed by atoms with E-state index in [2.05, 4.69) is 46.0 Å². The number of aromatic nitrogens is 4. The Labute approximate surface area is 99.8 Å². The van der Waals surface area contributed by atoms with Crippen LogP contribution in [0.5, 0.6) is 0 Å². The lowest BCUT2D eigenvalue weighted by Crippen LogP contribution is -2.27. The first-order valence-electron chi connectivity index (χ1n) is 5.93. The molecule has 0 atom stereocenters. The number of aryl methyl sites for hydroxylation is 1. The molecule has 1 aromatic heterocycles. The normalized spacial score (nSPS) is 15.6. The van der Waals surface area contributed by atoms with Gasteiger partial charge in [0.05, 0.1) is 5.69 Å². The molecule has 3 rings (SSSR count). The molecule has 1 aromatic carbocycles. The number of benzene rings is 1. The molecule has 5 nitrogen and oxygen atoms in total. The molecule has 5 heteroatoms. The van der Waals surface area contributed by atoms with Gasteiger partial charge in [-0.25, -0.2) is 4.68 Å². The van der Waals surface area contributed by atoms with Crippen molar-refractivity contribution in [2.45, 2.75) is 32.2 Å². The zero-order valence-corrected chi connectivity index (χ0v) is 9.80. The quantitative estimate of drug-likeness (QED) is 0.873. The van der Waals surface area contributed by atoms with Gasteiger partial charge in [-0.3, -0.25) is 0 Å². The summed E-state index contributed by atoms with van der Waals surface area (Å²) in [5.41, 5.74) is 3.33. The van der Waals surface area contributed by atoms with Crippen molar-refractivity contribution in [3.8, 4) is 5.69 Å². The highest BCUT2D eigenvalue weighted by molar-refractivity contribution is 5.55. The standard InChI is InChI=1S/C12H15N5/c1-9-5-6-11(14-10-3-2-4-10)7-12(9)17-8-13-15-16-17/h5-8,10,14H,2-4H2,1H3. The summed E-state index contributed by atoms with van der Waals surface area (Å²) < 4.78 is 1.70. The van der Waals surface area contributed by atoms with Crippen LogP contribution in [0.1, 0.15) is 24.8 Å². The van der Waals surface area contributed by atoms with E-state index in [0.29, 0.717) is 6.04 Å². The third-order valence-electron chi connectivity index (χ3n) is 3.28. The van der Waals surface area contributed by atoms with E-state index in [0.717, 1.165) is 16.9 Å². The zero-order valence-electron chi connectivity index (χ0n) is 9.80. The van der Waals surface area contributed by atoms with Crippen molar-refractivity contribution in [3.05, 3.63) is 30.1 Å². The van der Waals surface area contributed by atoms with Crippen molar-refractivity contribution >= 4 is 5.69 Å². The summed E-state index contributed by atoms with van der Waals surface area (Å²) >= 11 is 0. The Kier molecular flexibility index (Phi) is 2.51. The molecule has 0 unspecified atom stereocenters. The van der Waals surface area contributed by atoms with Gasteiger partial charge in [0.15, 0.2) is 0 Å². The van der Waals surface area contributed by atoms with Gasteiger partial charge >= 0.3 is 0 Å². The molecular weight excluding hydrogens is 214 g/mol. The predicted molar refractivity (Wildman–Crippen MR) is 65.2 cm³/mol. The molecule has 1 heterocycles. The Hall–Kier alpha value is -1.91. The van der Waals surface area contributed by atoms with Gasteiger partial charge in [0.1, 0.15) is 6.33 Å². The third-order valence-corrected chi connectivity index (χ3v) is 3.28. The van der Waals surface area contributed by atoms with E-state index in [4.69, 9.17) is 0 Å². The van der Waals surface area contributed by atoms with E-state index in [1.54, 1.807) is 11.0 Å². The number of tetrazole rings is 1. The van der Waals surface area contributed by atoms with Gasteiger partial charge in [-0.15, -0.1) is 5.10 Å². The molecule has 88 valence electrons. The molecule has 1 aliphatic rings. The van der Waals surface area contributed by atoms with Crippen LogP contribution in [0.25, 0.3) is 5.69 Å². The minimum atomic E-state index is 0.638. The number of rotatable bonds is 3. The SMILES string of the molecule is Cc1ccc(NC2CCC2)cc1-n1cnnn1. The summed E-state index contributed by atoms with van der Waals surface area (Å²) in [6, 6.07) is 6.95. The highest BCUT2D eigenvalue weighted by Crippen LogP contribution is 2.25. The highest BCUT2D eigenvalue weighted by atomic mass is 15.5. The molecule has 0 spiro atoms. The van der Waals surface area contributed by atoms with Gasteiger partial charge in [0.25, 0.3) is 0 Å². The Morgan fingerprint density at radius 1 is 1.35 bits per heavy atom. The number of nitrogens with zero attached hydrogens (tertiary/aromatic N) is 4. The molecule has 0 aliphatic heterocycles. The first-order valence-corrected chi connectivity index (χ1v) is 5.93. The first-order chi connectivity index (χ1) is 8.33. The van der Waals surface area contributed by atoms with E-state index in [-0.39, 0.29) is 0 Å². The Bertz CT molecular complexity index is 502. The second-order valence-electron chi connectivity index (χ2n) is 4.53. The molecule has 1 N–H and O–H groups in total. The summed E-state index contributed by atoms with van der Waals surface area (Å²) in [5.74, 6) is 0. The minimum absolute atomic E-state index is 0.638. The molecule has 2 aromatic rings. The van der Waals surface area contributed by atoms with Crippen molar-refractivity contribution in [3.63, 3.8) is 0 Å². The van der Waals surface area contributed by atoms with Crippen molar-refractivity contribution in [1.82, 2.24) is 20.2 Å². The lowest BCUT2D eigenvalue weighted by molar-refractivity contribution is 0.445. The first kappa shape index (κ1) is 10.3. The lowest BCUT2D eigenvalue weighted by atomic mass is 9.93. The Balaban J connectivity index is 1.89. The minimum Gasteiger partial charge on any atom is -0.382 e. The van der Waals surface area contributed by atoms with Crippen LogP contribution in [0.3, 0.4) is 0 Å². The maximum atomic E-state index is 3.93. The third kappa shape index (κ3) is 2.00. The van der Waals surface area contributed by atoms with Gasteiger partial charge in [-0.2, -0.15) is 0 Å². The number of hydrogen-bond acceptors (Lipinski definition) is 4.